The Hall–Kier alpha value is -4.60. The van der Waals surface area contributed by atoms with Crippen molar-refractivity contribution in [3.8, 4) is 11.5 Å². The van der Waals surface area contributed by atoms with E-state index in [2.05, 4.69) is 0 Å². The maximum Gasteiger partial charge on any atom is 0.306 e. The van der Waals surface area contributed by atoms with Gasteiger partial charge >= 0.3 is 17.9 Å². The molecule has 2 heterocycles. The van der Waals surface area contributed by atoms with Crippen molar-refractivity contribution in [2.75, 3.05) is 7.11 Å². The van der Waals surface area contributed by atoms with Crippen LogP contribution in [0.4, 0.5) is 0 Å². The first-order chi connectivity index (χ1) is 19.4. The molecular weight excluding hydrogens is 530 g/mol. The molecule has 1 aliphatic heterocycles. The third kappa shape index (κ3) is 4.94. The zero-order chi connectivity index (χ0) is 29.6. The van der Waals surface area contributed by atoms with Gasteiger partial charge in [-0.05, 0) is 43.2 Å². The Morgan fingerprint density at radius 1 is 1.05 bits per heavy atom. The van der Waals surface area contributed by atoms with Gasteiger partial charge in [-0.1, -0.05) is 24.3 Å². The molecule has 0 saturated carbocycles. The van der Waals surface area contributed by atoms with Gasteiger partial charge in [0.15, 0.2) is 12.2 Å². The molecule has 0 bridgehead atoms. The van der Waals surface area contributed by atoms with Crippen molar-refractivity contribution < 1.29 is 38.4 Å². The van der Waals surface area contributed by atoms with Crippen molar-refractivity contribution >= 4 is 50.5 Å². The molecule has 0 amide bonds. The number of rotatable bonds is 7. The molecule has 41 heavy (non-hydrogen) atoms. The molecule has 214 valence electrons. The number of aromatic nitrogens is 1. The number of hydrogen-bond donors (Lipinski definition) is 1. The third-order valence-electron chi connectivity index (χ3n) is 7.46. The molecule has 3 aromatic carbocycles. The largest absolute Gasteiger partial charge is 0.496 e. The lowest BCUT2D eigenvalue weighted by Crippen LogP contribution is -2.52. The number of esters is 2. The van der Waals surface area contributed by atoms with Crippen molar-refractivity contribution in [2.45, 2.75) is 57.8 Å². The molecule has 4 aromatic rings. The van der Waals surface area contributed by atoms with E-state index in [9.17, 15) is 19.2 Å². The highest BCUT2D eigenvalue weighted by Gasteiger charge is 2.50. The van der Waals surface area contributed by atoms with Crippen LogP contribution in [0.25, 0.3) is 32.6 Å². The van der Waals surface area contributed by atoms with E-state index in [4.69, 9.17) is 24.1 Å². The van der Waals surface area contributed by atoms with Gasteiger partial charge in [0, 0.05) is 38.3 Å². The molecule has 5 rings (SSSR count). The Morgan fingerprint density at radius 3 is 2.37 bits per heavy atom. The van der Waals surface area contributed by atoms with Crippen LogP contribution in [0.15, 0.2) is 47.3 Å². The van der Waals surface area contributed by atoms with Gasteiger partial charge in [-0.25, -0.2) is 0 Å². The van der Waals surface area contributed by atoms with Crippen LogP contribution in [0.5, 0.6) is 11.5 Å². The van der Waals surface area contributed by atoms with E-state index in [1.807, 2.05) is 41.0 Å². The molecular formula is C31H31NO9. The molecule has 0 fully saturated rings. The lowest BCUT2D eigenvalue weighted by atomic mass is 9.86. The number of hydrogen-bond acceptors (Lipinski definition) is 8. The summed E-state index contributed by atoms with van der Waals surface area (Å²) in [5, 5.41) is 11.5. The standard InChI is InChI=1S/C31H31NO9/c1-16(33)39-29-26-22(41-31(2,3)30(29)40-24(36)12-8-11-23(34)35)15-21(38-5)25-27(26)32(4)20-14-18-10-7-6-9-17(18)13-19(20)28(25)37/h6-7,9-10,13-15,29-30H,8,11-12H2,1-5H3,(H,34,35). The van der Waals surface area contributed by atoms with Gasteiger partial charge in [0.2, 0.25) is 5.43 Å². The Balaban J connectivity index is 1.78. The first-order valence-corrected chi connectivity index (χ1v) is 13.3. The number of carboxylic acid groups (broad SMARTS) is 1. The van der Waals surface area contributed by atoms with Gasteiger partial charge in [-0.3, -0.25) is 19.2 Å². The number of benzene rings is 3. The number of pyridine rings is 1. The van der Waals surface area contributed by atoms with Crippen molar-refractivity contribution in [1.29, 1.82) is 0 Å². The normalized spacial score (nSPS) is 17.6. The van der Waals surface area contributed by atoms with E-state index in [0.717, 1.165) is 10.8 Å². The highest BCUT2D eigenvalue weighted by molar-refractivity contribution is 6.04. The van der Waals surface area contributed by atoms with E-state index in [1.54, 1.807) is 27.0 Å². The summed E-state index contributed by atoms with van der Waals surface area (Å²) in [6, 6.07) is 13.1. The summed E-state index contributed by atoms with van der Waals surface area (Å²) in [7, 11) is 3.26. The van der Waals surface area contributed by atoms with Crippen LogP contribution in [-0.4, -0.2) is 46.4 Å². The topological polar surface area (TPSA) is 130 Å². The number of aryl methyl sites for hydroxylation is 1. The van der Waals surface area contributed by atoms with Gasteiger partial charge in [0.05, 0.1) is 29.1 Å². The van der Waals surface area contributed by atoms with Crippen LogP contribution in [0.1, 0.15) is 51.7 Å². The summed E-state index contributed by atoms with van der Waals surface area (Å²) in [4.78, 5) is 50.2. The molecule has 1 aliphatic rings. The Kier molecular flexibility index (Phi) is 7.10. The smallest absolute Gasteiger partial charge is 0.306 e. The van der Waals surface area contributed by atoms with Crippen LogP contribution in [0.3, 0.4) is 0 Å². The van der Waals surface area contributed by atoms with Gasteiger partial charge in [0.1, 0.15) is 17.1 Å². The molecule has 0 radical (unpaired) electrons. The summed E-state index contributed by atoms with van der Waals surface area (Å²) in [6.07, 6.45) is -2.48. The summed E-state index contributed by atoms with van der Waals surface area (Å²) in [6.45, 7) is 4.65. The van der Waals surface area contributed by atoms with Crippen molar-refractivity contribution in [1.82, 2.24) is 4.57 Å². The number of nitrogens with zero attached hydrogens (tertiary/aromatic N) is 1. The van der Waals surface area contributed by atoms with Crippen molar-refractivity contribution in [3.05, 3.63) is 58.3 Å². The zero-order valence-electron chi connectivity index (χ0n) is 23.5. The molecule has 0 aliphatic carbocycles. The minimum absolute atomic E-state index is 0.0889. The number of ether oxygens (including phenoxy) is 4. The first kappa shape index (κ1) is 27.9. The minimum Gasteiger partial charge on any atom is -0.496 e. The average molecular weight is 562 g/mol. The maximum absolute atomic E-state index is 14.1. The fourth-order valence-corrected chi connectivity index (χ4v) is 5.61. The second-order valence-corrected chi connectivity index (χ2v) is 10.7. The van der Waals surface area contributed by atoms with E-state index in [-0.39, 0.29) is 35.8 Å². The SMILES string of the molecule is COc1cc2c(c3c1c(=O)c1cc4ccccc4cc1n3C)C(OC(C)=O)C(OC(=O)CCCC(=O)O)C(C)(C)O2. The lowest BCUT2D eigenvalue weighted by molar-refractivity contribution is -0.189. The molecule has 10 heteroatoms. The predicted molar refractivity (Wildman–Crippen MR) is 151 cm³/mol. The molecule has 0 spiro atoms. The highest BCUT2D eigenvalue weighted by atomic mass is 16.6. The number of carboxylic acids is 1. The first-order valence-electron chi connectivity index (χ1n) is 13.3. The monoisotopic (exact) mass is 561 g/mol. The van der Waals surface area contributed by atoms with Crippen molar-refractivity contribution in [3.63, 3.8) is 0 Å². The summed E-state index contributed by atoms with van der Waals surface area (Å²) in [5.74, 6) is -1.69. The molecule has 1 N–H and O–H groups in total. The predicted octanol–water partition coefficient (Wildman–Crippen LogP) is 4.80. The number of carbonyl (C=O) groups is 3. The van der Waals surface area contributed by atoms with Gasteiger partial charge in [-0.2, -0.15) is 0 Å². The Labute approximate surface area is 235 Å². The van der Waals surface area contributed by atoms with Gasteiger partial charge in [0.25, 0.3) is 0 Å². The second kappa shape index (κ2) is 10.4. The Morgan fingerprint density at radius 2 is 1.73 bits per heavy atom. The lowest BCUT2D eigenvalue weighted by Gasteiger charge is -2.43. The average Bonchev–Trinajstić information content (AvgIpc) is 2.91. The minimum atomic E-state index is -1.17. The quantitative estimate of drug-likeness (QED) is 0.250. The van der Waals surface area contributed by atoms with Crippen LogP contribution < -0.4 is 14.9 Å². The fraction of sp³-hybridized carbons (Fsp3) is 0.355. The molecule has 1 aromatic heterocycles. The molecule has 10 nitrogen and oxygen atoms in total. The molecule has 2 atom stereocenters. The summed E-state index contributed by atoms with van der Waals surface area (Å²) >= 11 is 0. The number of fused-ring (bicyclic) bond motifs is 5. The maximum atomic E-state index is 14.1. The number of carbonyl (C=O) groups excluding carboxylic acids is 2. The third-order valence-corrected chi connectivity index (χ3v) is 7.46. The van der Waals surface area contributed by atoms with E-state index in [1.165, 1.54) is 14.0 Å². The Bertz CT molecular complexity index is 1790. The van der Waals surface area contributed by atoms with Gasteiger partial charge < -0.3 is 28.6 Å². The fourth-order valence-electron chi connectivity index (χ4n) is 5.61. The zero-order valence-corrected chi connectivity index (χ0v) is 23.5. The van der Waals surface area contributed by atoms with E-state index >= 15 is 0 Å². The second-order valence-electron chi connectivity index (χ2n) is 10.7. The van der Waals surface area contributed by atoms with Crippen LogP contribution in [0, 0.1) is 0 Å². The number of aliphatic carboxylic acids is 1. The van der Waals surface area contributed by atoms with E-state index in [0.29, 0.717) is 27.7 Å². The van der Waals surface area contributed by atoms with Crippen molar-refractivity contribution in [2.24, 2.45) is 7.05 Å². The summed E-state index contributed by atoms with van der Waals surface area (Å²) in [5.41, 5.74) is -0.00766. The number of methoxy groups -OCH3 is 1. The highest BCUT2D eigenvalue weighted by Crippen LogP contribution is 2.49. The van der Waals surface area contributed by atoms with Gasteiger partial charge in [-0.15, -0.1) is 0 Å². The molecule has 0 saturated heterocycles. The molecule has 2 unspecified atom stereocenters. The van der Waals surface area contributed by atoms with Crippen LogP contribution >= 0.6 is 0 Å². The van der Waals surface area contributed by atoms with E-state index < -0.39 is 35.7 Å². The van der Waals surface area contributed by atoms with Crippen LogP contribution in [-0.2, 0) is 30.9 Å². The van der Waals surface area contributed by atoms with Crippen LogP contribution in [0.2, 0.25) is 0 Å². The summed E-state index contributed by atoms with van der Waals surface area (Å²) < 4.78 is 25.5.